The molecule has 1 rings (SSSR count). The molecule has 5 heteroatoms. The van der Waals surface area contributed by atoms with Crippen LogP contribution in [-0.2, 0) is 11.3 Å². The summed E-state index contributed by atoms with van der Waals surface area (Å²) in [6.45, 7) is 5.77. The molecule has 0 fully saturated rings. The summed E-state index contributed by atoms with van der Waals surface area (Å²) in [5, 5.41) is 11.7. The minimum absolute atomic E-state index is 0.0157. The van der Waals surface area contributed by atoms with Crippen molar-refractivity contribution in [2.24, 2.45) is 0 Å². The highest BCUT2D eigenvalue weighted by Gasteiger charge is 2.08. The number of carbonyl (C=O) groups excluding carboxylic acids is 1. The van der Waals surface area contributed by atoms with Crippen LogP contribution in [0.5, 0.6) is 0 Å². The first kappa shape index (κ1) is 15.1. The molecule has 0 aliphatic rings. The fraction of sp³-hybridized carbons (Fsp3) is 0.429. The summed E-state index contributed by atoms with van der Waals surface area (Å²) in [5.74, 6) is -0.423. The average molecular weight is 263 g/mol. The number of nitriles is 1. The molecule has 0 saturated carbocycles. The minimum atomic E-state index is -0.439. The summed E-state index contributed by atoms with van der Waals surface area (Å²) in [6, 6.07) is 6.05. The van der Waals surface area contributed by atoms with Crippen LogP contribution in [0.25, 0.3) is 0 Å². The summed E-state index contributed by atoms with van der Waals surface area (Å²) >= 11 is 0. The van der Waals surface area contributed by atoms with E-state index in [4.69, 9.17) is 5.26 Å². The lowest BCUT2D eigenvalue weighted by Crippen LogP contribution is -2.37. The third kappa shape index (κ3) is 4.68. The van der Waals surface area contributed by atoms with Crippen LogP contribution in [0.2, 0.25) is 0 Å². The SMILES string of the molecule is CCN(CC)C(=O)CNCc1cc(F)cc(C#N)c1. The molecule has 4 nitrogen and oxygen atoms in total. The van der Waals surface area contributed by atoms with Crippen molar-refractivity contribution in [2.75, 3.05) is 19.6 Å². The Kier molecular flexibility index (Phi) is 5.97. The summed E-state index contributed by atoms with van der Waals surface area (Å²) in [6.07, 6.45) is 0. The quantitative estimate of drug-likeness (QED) is 0.849. The molecule has 0 heterocycles. The van der Waals surface area contributed by atoms with Crippen LogP contribution in [-0.4, -0.2) is 30.4 Å². The second-order valence-corrected chi connectivity index (χ2v) is 4.13. The highest BCUT2D eigenvalue weighted by Crippen LogP contribution is 2.08. The Balaban J connectivity index is 2.52. The molecule has 0 aromatic heterocycles. The van der Waals surface area contributed by atoms with Crippen LogP contribution in [0, 0.1) is 17.1 Å². The van der Waals surface area contributed by atoms with Crippen LogP contribution in [0.3, 0.4) is 0 Å². The van der Waals surface area contributed by atoms with Gasteiger partial charge in [0.2, 0.25) is 5.91 Å². The Morgan fingerprint density at radius 3 is 2.63 bits per heavy atom. The molecule has 1 amide bonds. The van der Waals surface area contributed by atoms with Crippen molar-refractivity contribution in [3.05, 3.63) is 35.1 Å². The van der Waals surface area contributed by atoms with Gasteiger partial charge in [0.05, 0.1) is 18.2 Å². The van der Waals surface area contributed by atoms with Gasteiger partial charge in [0.15, 0.2) is 0 Å². The first-order valence-corrected chi connectivity index (χ1v) is 6.28. The van der Waals surface area contributed by atoms with Gasteiger partial charge in [-0.1, -0.05) is 0 Å². The van der Waals surface area contributed by atoms with Gasteiger partial charge in [0, 0.05) is 19.6 Å². The number of hydrogen-bond acceptors (Lipinski definition) is 3. The van der Waals surface area contributed by atoms with E-state index >= 15 is 0 Å². The van der Waals surface area contributed by atoms with Gasteiger partial charge in [-0.2, -0.15) is 5.26 Å². The Labute approximate surface area is 112 Å². The van der Waals surface area contributed by atoms with Crippen molar-refractivity contribution in [1.82, 2.24) is 10.2 Å². The molecule has 102 valence electrons. The molecule has 0 bridgehead atoms. The number of hydrogen-bond donors (Lipinski definition) is 1. The van der Waals surface area contributed by atoms with Crippen molar-refractivity contribution in [3.8, 4) is 6.07 Å². The van der Waals surface area contributed by atoms with Crippen molar-refractivity contribution in [3.63, 3.8) is 0 Å². The van der Waals surface area contributed by atoms with E-state index in [1.165, 1.54) is 12.1 Å². The maximum absolute atomic E-state index is 13.2. The van der Waals surface area contributed by atoms with Gasteiger partial charge >= 0.3 is 0 Å². The molecule has 0 aliphatic heterocycles. The maximum atomic E-state index is 13.2. The van der Waals surface area contributed by atoms with Gasteiger partial charge in [0.25, 0.3) is 0 Å². The number of likely N-dealkylation sites (N-methyl/N-ethyl adjacent to an activating group) is 1. The molecular weight excluding hydrogens is 245 g/mol. The number of nitrogens with zero attached hydrogens (tertiary/aromatic N) is 2. The monoisotopic (exact) mass is 263 g/mol. The van der Waals surface area contributed by atoms with Crippen molar-refractivity contribution in [1.29, 1.82) is 5.26 Å². The first-order valence-electron chi connectivity index (χ1n) is 6.28. The van der Waals surface area contributed by atoms with Gasteiger partial charge in [-0.05, 0) is 37.6 Å². The Morgan fingerprint density at radius 2 is 2.05 bits per heavy atom. The van der Waals surface area contributed by atoms with E-state index in [0.717, 1.165) is 0 Å². The lowest BCUT2D eigenvalue weighted by Gasteiger charge is -2.18. The smallest absolute Gasteiger partial charge is 0.236 e. The third-order valence-electron chi connectivity index (χ3n) is 2.81. The number of rotatable bonds is 6. The highest BCUT2D eigenvalue weighted by molar-refractivity contribution is 5.78. The lowest BCUT2D eigenvalue weighted by molar-refractivity contribution is -0.129. The third-order valence-corrected chi connectivity index (χ3v) is 2.81. The van der Waals surface area contributed by atoms with E-state index < -0.39 is 5.82 Å². The standard InChI is InChI=1S/C14H18FN3O/c1-3-18(4-2)14(19)10-17-9-12-5-11(8-16)6-13(15)7-12/h5-7,17H,3-4,9-10H2,1-2H3. The van der Waals surface area contributed by atoms with E-state index in [1.807, 2.05) is 19.9 Å². The van der Waals surface area contributed by atoms with Crippen molar-refractivity contribution < 1.29 is 9.18 Å². The van der Waals surface area contributed by atoms with E-state index in [0.29, 0.717) is 25.2 Å². The maximum Gasteiger partial charge on any atom is 0.236 e. The van der Waals surface area contributed by atoms with Crippen LogP contribution in [0.4, 0.5) is 4.39 Å². The molecule has 19 heavy (non-hydrogen) atoms. The van der Waals surface area contributed by atoms with E-state index in [1.54, 1.807) is 11.0 Å². The molecule has 0 radical (unpaired) electrons. The number of nitrogens with one attached hydrogen (secondary N) is 1. The molecule has 1 aromatic carbocycles. The van der Waals surface area contributed by atoms with Gasteiger partial charge in [-0.3, -0.25) is 4.79 Å². The van der Waals surface area contributed by atoms with Gasteiger partial charge in [-0.15, -0.1) is 0 Å². The predicted octanol–water partition coefficient (Wildman–Crippen LogP) is 1.66. The summed E-state index contributed by atoms with van der Waals surface area (Å²) in [4.78, 5) is 13.4. The fourth-order valence-electron chi connectivity index (χ4n) is 1.82. The molecule has 0 saturated heterocycles. The number of amides is 1. The summed E-state index contributed by atoms with van der Waals surface area (Å²) in [5.41, 5.74) is 0.941. The van der Waals surface area contributed by atoms with Crippen molar-refractivity contribution in [2.45, 2.75) is 20.4 Å². The molecule has 1 aromatic rings. The second-order valence-electron chi connectivity index (χ2n) is 4.13. The number of carbonyl (C=O) groups is 1. The van der Waals surface area contributed by atoms with Gasteiger partial charge in [-0.25, -0.2) is 4.39 Å². The van der Waals surface area contributed by atoms with Gasteiger partial charge in [0.1, 0.15) is 5.82 Å². The van der Waals surface area contributed by atoms with Crippen LogP contribution in [0.1, 0.15) is 25.0 Å². The molecule has 0 atom stereocenters. The molecule has 0 aliphatic carbocycles. The molecule has 0 spiro atoms. The average Bonchev–Trinajstić information content (AvgIpc) is 2.39. The zero-order valence-corrected chi connectivity index (χ0v) is 11.2. The Morgan fingerprint density at radius 1 is 1.37 bits per heavy atom. The highest BCUT2D eigenvalue weighted by atomic mass is 19.1. The predicted molar refractivity (Wildman–Crippen MR) is 70.7 cm³/mol. The van der Waals surface area contributed by atoms with E-state index in [-0.39, 0.29) is 18.0 Å². The molecular formula is C14H18FN3O. The van der Waals surface area contributed by atoms with Crippen molar-refractivity contribution >= 4 is 5.91 Å². The topological polar surface area (TPSA) is 56.1 Å². The largest absolute Gasteiger partial charge is 0.342 e. The number of benzene rings is 1. The summed E-state index contributed by atoms with van der Waals surface area (Å²) in [7, 11) is 0. The van der Waals surface area contributed by atoms with Crippen LogP contribution >= 0.6 is 0 Å². The Bertz CT molecular complexity index is 478. The fourth-order valence-corrected chi connectivity index (χ4v) is 1.82. The first-order chi connectivity index (χ1) is 9.10. The Hall–Kier alpha value is -1.93. The minimum Gasteiger partial charge on any atom is -0.342 e. The zero-order valence-electron chi connectivity index (χ0n) is 11.2. The van der Waals surface area contributed by atoms with Gasteiger partial charge < -0.3 is 10.2 Å². The second kappa shape index (κ2) is 7.49. The van der Waals surface area contributed by atoms with E-state index in [2.05, 4.69) is 5.32 Å². The van der Waals surface area contributed by atoms with Crippen LogP contribution in [0.15, 0.2) is 18.2 Å². The zero-order chi connectivity index (χ0) is 14.3. The van der Waals surface area contributed by atoms with Crippen LogP contribution < -0.4 is 5.32 Å². The molecule has 0 unspecified atom stereocenters. The normalized spacial score (nSPS) is 10.0. The molecule has 1 N–H and O–H groups in total. The summed E-state index contributed by atoms with van der Waals surface area (Å²) < 4.78 is 13.2. The van der Waals surface area contributed by atoms with E-state index in [9.17, 15) is 9.18 Å². The lowest BCUT2D eigenvalue weighted by atomic mass is 10.1. The number of halogens is 1.